The van der Waals surface area contributed by atoms with Crippen LogP contribution in [0.4, 0.5) is 0 Å². The fraction of sp³-hybridized carbons (Fsp3) is 1.00. The lowest BCUT2D eigenvalue weighted by molar-refractivity contribution is 0.0321. The first-order valence-electron chi connectivity index (χ1n) is 7.80. The van der Waals surface area contributed by atoms with Crippen LogP contribution >= 0.6 is 0 Å². The fourth-order valence-corrected chi connectivity index (χ4v) is 3.98. The van der Waals surface area contributed by atoms with Crippen LogP contribution in [0, 0.1) is 0 Å². The summed E-state index contributed by atoms with van der Waals surface area (Å²) in [6.07, 6.45) is 0.901. The lowest BCUT2D eigenvalue weighted by Gasteiger charge is -2.27. The maximum Gasteiger partial charge on any atom is 0.335 e. The third kappa shape index (κ3) is 13.6. The maximum atomic E-state index is 5.95. The molecule has 134 valence electrons. The molecule has 0 fully saturated rings. The zero-order valence-electron chi connectivity index (χ0n) is 14.3. The van der Waals surface area contributed by atoms with Gasteiger partial charge in [0.25, 0.3) is 0 Å². The molecule has 0 rings (SSSR count). The topological polar surface area (TPSA) is 81.4 Å². The van der Waals surface area contributed by atoms with Gasteiger partial charge in [0.15, 0.2) is 0 Å². The molecule has 0 unspecified atom stereocenters. The van der Waals surface area contributed by atoms with E-state index in [4.69, 9.17) is 33.5 Å². The Labute approximate surface area is 135 Å². The van der Waals surface area contributed by atoms with Gasteiger partial charge in [0, 0.05) is 14.2 Å². The molecule has 0 atom stereocenters. The first kappa shape index (κ1) is 21.9. The molecule has 0 bridgehead atoms. The van der Waals surface area contributed by atoms with Gasteiger partial charge in [0.1, 0.15) is 0 Å². The highest BCUT2D eigenvalue weighted by Crippen LogP contribution is 2.15. The summed E-state index contributed by atoms with van der Waals surface area (Å²) in [5, 5.41) is 0. The van der Waals surface area contributed by atoms with Gasteiger partial charge < -0.3 is 33.5 Å². The van der Waals surface area contributed by atoms with Crippen LogP contribution in [0.25, 0.3) is 0 Å². The normalized spacial score (nSPS) is 12.0. The smallest absolute Gasteiger partial charge is 0.335 e. The highest BCUT2D eigenvalue weighted by molar-refractivity contribution is 6.66. The first-order chi connectivity index (χ1) is 10.7. The van der Waals surface area contributed by atoms with Crippen LogP contribution in [-0.4, -0.2) is 82.2 Å². The van der Waals surface area contributed by atoms with Gasteiger partial charge in [-0.25, -0.2) is 0 Å². The van der Waals surface area contributed by atoms with Crippen molar-refractivity contribution >= 4 is 8.56 Å². The van der Waals surface area contributed by atoms with Gasteiger partial charge in [-0.05, 0) is 25.6 Å². The molecule has 7 nitrogen and oxygen atoms in total. The van der Waals surface area contributed by atoms with Crippen LogP contribution in [-0.2, 0) is 27.8 Å². The van der Waals surface area contributed by atoms with Gasteiger partial charge in [-0.3, -0.25) is 0 Å². The number of rotatable bonds is 17. The van der Waals surface area contributed by atoms with Crippen molar-refractivity contribution in [2.45, 2.75) is 19.0 Å². The van der Waals surface area contributed by atoms with E-state index in [1.165, 1.54) is 0 Å². The predicted octanol–water partition coefficient (Wildman–Crippen LogP) is 0.766. The van der Waals surface area contributed by atoms with Gasteiger partial charge in [-0.1, -0.05) is 0 Å². The van der Waals surface area contributed by atoms with Crippen LogP contribution in [0.15, 0.2) is 0 Å². The SMILES string of the molecule is COCCOCCO[Si](C)(CCCN)OCCOCCOC. The third-order valence-corrected chi connectivity index (χ3v) is 5.86. The average Bonchev–Trinajstić information content (AvgIpc) is 2.52. The molecule has 0 aliphatic heterocycles. The molecule has 0 radical (unpaired) electrons. The summed E-state index contributed by atoms with van der Waals surface area (Å²) in [6.45, 7) is 7.20. The molecule has 2 N–H and O–H groups in total. The van der Waals surface area contributed by atoms with Crippen molar-refractivity contribution in [2.75, 3.05) is 73.6 Å². The molecule has 0 spiro atoms. The minimum absolute atomic E-state index is 0.529. The molecule has 0 aromatic carbocycles. The summed E-state index contributed by atoms with van der Waals surface area (Å²) in [5.74, 6) is 0. The molecule has 0 saturated carbocycles. The fourth-order valence-electron chi connectivity index (χ4n) is 1.73. The second kappa shape index (κ2) is 15.8. The lowest BCUT2D eigenvalue weighted by atomic mass is 10.5. The molecule has 0 aliphatic rings. The van der Waals surface area contributed by atoms with Crippen molar-refractivity contribution < 1.29 is 27.8 Å². The number of hydrogen-bond donors (Lipinski definition) is 1. The number of ether oxygens (including phenoxy) is 4. The van der Waals surface area contributed by atoms with Gasteiger partial charge >= 0.3 is 8.56 Å². The largest absolute Gasteiger partial charge is 0.392 e. The van der Waals surface area contributed by atoms with E-state index in [0.717, 1.165) is 12.5 Å². The molecule has 8 heteroatoms. The van der Waals surface area contributed by atoms with Crippen molar-refractivity contribution in [1.29, 1.82) is 0 Å². The summed E-state index contributed by atoms with van der Waals surface area (Å²) >= 11 is 0. The van der Waals surface area contributed by atoms with E-state index in [1.54, 1.807) is 14.2 Å². The molecule has 0 aliphatic carbocycles. The van der Waals surface area contributed by atoms with E-state index < -0.39 is 8.56 Å². The second-order valence-electron chi connectivity index (χ2n) is 4.93. The third-order valence-electron chi connectivity index (χ3n) is 2.97. The summed E-state index contributed by atoms with van der Waals surface area (Å²) in [4.78, 5) is 0. The van der Waals surface area contributed by atoms with Crippen LogP contribution in [0.5, 0.6) is 0 Å². The van der Waals surface area contributed by atoms with Gasteiger partial charge in [-0.2, -0.15) is 0 Å². The van der Waals surface area contributed by atoms with E-state index in [1.807, 2.05) is 0 Å². The summed E-state index contributed by atoms with van der Waals surface area (Å²) in [5.41, 5.74) is 5.59. The van der Waals surface area contributed by atoms with Crippen molar-refractivity contribution in [2.24, 2.45) is 5.73 Å². The van der Waals surface area contributed by atoms with E-state index in [0.29, 0.717) is 59.4 Å². The Bertz CT molecular complexity index is 219. The second-order valence-corrected chi connectivity index (χ2v) is 8.28. The Morgan fingerprint density at radius 3 is 1.59 bits per heavy atom. The Kier molecular flexibility index (Phi) is 15.8. The molecule has 0 aromatic rings. The zero-order chi connectivity index (χ0) is 16.5. The van der Waals surface area contributed by atoms with Crippen LogP contribution < -0.4 is 5.73 Å². The van der Waals surface area contributed by atoms with Gasteiger partial charge in [0.2, 0.25) is 0 Å². The van der Waals surface area contributed by atoms with Crippen molar-refractivity contribution in [3.63, 3.8) is 0 Å². The van der Waals surface area contributed by atoms with Crippen molar-refractivity contribution in [3.8, 4) is 0 Å². The number of nitrogens with two attached hydrogens (primary N) is 1. The molecule has 0 saturated heterocycles. The maximum absolute atomic E-state index is 5.95. The molecular weight excluding hydrogens is 306 g/mol. The number of hydrogen-bond acceptors (Lipinski definition) is 7. The van der Waals surface area contributed by atoms with Crippen LogP contribution in [0.2, 0.25) is 12.6 Å². The standard InChI is InChI=1S/C14H33NO6Si/c1-16-6-8-18-10-12-20-22(3,14-4-5-15)21-13-11-19-9-7-17-2/h4-15H2,1-3H3. The molecule has 22 heavy (non-hydrogen) atoms. The highest BCUT2D eigenvalue weighted by atomic mass is 28.4. The summed E-state index contributed by atoms with van der Waals surface area (Å²) in [7, 11) is 1.09. The first-order valence-corrected chi connectivity index (χ1v) is 10.3. The van der Waals surface area contributed by atoms with Gasteiger partial charge in [0.05, 0.1) is 52.9 Å². The quantitative estimate of drug-likeness (QED) is 0.309. The van der Waals surface area contributed by atoms with E-state index in [9.17, 15) is 0 Å². The summed E-state index contributed by atoms with van der Waals surface area (Å²) in [6, 6.07) is 0.875. The Morgan fingerprint density at radius 2 is 1.18 bits per heavy atom. The predicted molar refractivity (Wildman–Crippen MR) is 87.4 cm³/mol. The van der Waals surface area contributed by atoms with Crippen LogP contribution in [0.3, 0.4) is 0 Å². The van der Waals surface area contributed by atoms with Crippen molar-refractivity contribution in [3.05, 3.63) is 0 Å². The Morgan fingerprint density at radius 1 is 0.727 bits per heavy atom. The molecular formula is C14H33NO6Si. The zero-order valence-corrected chi connectivity index (χ0v) is 15.3. The molecule has 0 amide bonds. The van der Waals surface area contributed by atoms with Crippen LogP contribution in [0.1, 0.15) is 6.42 Å². The summed E-state index contributed by atoms with van der Waals surface area (Å²) < 4.78 is 32.5. The Hall–Kier alpha value is -0.0631. The van der Waals surface area contributed by atoms with E-state index in [2.05, 4.69) is 6.55 Å². The molecule has 0 aromatic heterocycles. The highest BCUT2D eigenvalue weighted by Gasteiger charge is 2.30. The average molecular weight is 340 g/mol. The Balaban J connectivity index is 3.84. The van der Waals surface area contributed by atoms with E-state index in [-0.39, 0.29) is 0 Å². The molecule has 0 heterocycles. The van der Waals surface area contributed by atoms with Crippen molar-refractivity contribution in [1.82, 2.24) is 0 Å². The minimum atomic E-state index is -2.21. The minimum Gasteiger partial charge on any atom is -0.392 e. The monoisotopic (exact) mass is 339 g/mol. The lowest BCUT2D eigenvalue weighted by Crippen LogP contribution is -2.41. The van der Waals surface area contributed by atoms with Gasteiger partial charge in [-0.15, -0.1) is 0 Å². The number of methoxy groups -OCH3 is 2. The van der Waals surface area contributed by atoms with E-state index >= 15 is 0 Å².